The lowest BCUT2D eigenvalue weighted by Crippen LogP contribution is -2.38. The Balaban J connectivity index is 1.72. The molecule has 2 aromatic rings. The van der Waals surface area contributed by atoms with E-state index in [-0.39, 0.29) is 5.91 Å². The predicted molar refractivity (Wildman–Crippen MR) is 94.0 cm³/mol. The van der Waals surface area contributed by atoms with E-state index in [0.29, 0.717) is 18.2 Å². The van der Waals surface area contributed by atoms with Crippen molar-refractivity contribution < 1.29 is 4.79 Å². The van der Waals surface area contributed by atoms with Crippen LogP contribution in [0.15, 0.2) is 22.9 Å². The van der Waals surface area contributed by atoms with Gasteiger partial charge in [0, 0.05) is 47.9 Å². The van der Waals surface area contributed by atoms with Crippen molar-refractivity contribution in [3.05, 3.63) is 34.4 Å². The molecule has 6 heteroatoms. The number of amides is 1. The number of alkyl halides is 1. The van der Waals surface area contributed by atoms with E-state index in [9.17, 15) is 4.79 Å². The van der Waals surface area contributed by atoms with Gasteiger partial charge in [-0.15, -0.1) is 11.6 Å². The lowest BCUT2D eigenvalue weighted by molar-refractivity contribution is -0.131. The molecule has 0 radical (unpaired) electrons. The molecule has 0 unspecified atom stereocenters. The van der Waals surface area contributed by atoms with E-state index in [1.807, 2.05) is 17.9 Å². The Kier molecular flexibility index (Phi) is 5.28. The van der Waals surface area contributed by atoms with Crippen molar-refractivity contribution in [2.75, 3.05) is 19.0 Å². The Morgan fingerprint density at radius 3 is 2.83 bits per heavy atom. The summed E-state index contributed by atoms with van der Waals surface area (Å²) in [5.74, 6) is 1.79. The van der Waals surface area contributed by atoms with Gasteiger partial charge in [0.2, 0.25) is 5.91 Å². The molecule has 0 N–H and O–H groups in total. The second-order valence-corrected chi connectivity index (χ2v) is 7.02. The van der Waals surface area contributed by atoms with Crippen molar-refractivity contribution in [3.63, 3.8) is 0 Å². The van der Waals surface area contributed by atoms with Gasteiger partial charge in [0.1, 0.15) is 5.82 Å². The van der Waals surface area contributed by atoms with E-state index >= 15 is 0 Å². The van der Waals surface area contributed by atoms with Gasteiger partial charge in [-0.3, -0.25) is 4.79 Å². The van der Waals surface area contributed by atoms with E-state index in [4.69, 9.17) is 16.6 Å². The van der Waals surface area contributed by atoms with Gasteiger partial charge in [0.05, 0.1) is 5.69 Å². The van der Waals surface area contributed by atoms with Crippen molar-refractivity contribution in [1.82, 2.24) is 14.9 Å². The fourth-order valence-electron chi connectivity index (χ4n) is 2.96. The van der Waals surface area contributed by atoms with Crippen LogP contribution >= 0.6 is 22.9 Å². The normalized spacial score (nSPS) is 15.8. The van der Waals surface area contributed by atoms with Gasteiger partial charge in [0.25, 0.3) is 0 Å². The minimum atomic E-state index is 0.155. The molecule has 122 valence electrons. The summed E-state index contributed by atoms with van der Waals surface area (Å²) in [6, 6.07) is 4.12. The molecular formula is C17H20ClN3OS. The third kappa shape index (κ3) is 3.90. The highest BCUT2D eigenvalue weighted by Gasteiger charge is 2.25. The molecule has 0 aliphatic carbocycles. The number of hydrogen-bond donors (Lipinski definition) is 0. The first-order chi connectivity index (χ1) is 11.2. The summed E-state index contributed by atoms with van der Waals surface area (Å²) < 4.78 is 0. The topological polar surface area (TPSA) is 46.1 Å². The molecule has 1 fully saturated rings. The molecule has 23 heavy (non-hydrogen) atoms. The van der Waals surface area contributed by atoms with Gasteiger partial charge in [-0.2, -0.15) is 11.3 Å². The average Bonchev–Trinajstić information content (AvgIpc) is 3.09. The van der Waals surface area contributed by atoms with E-state index in [2.05, 4.69) is 21.8 Å². The largest absolute Gasteiger partial charge is 0.343 e. The van der Waals surface area contributed by atoms with Crippen molar-refractivity contribution in [2.24, 2.45) is 0 Å². The minimum absolute atomic E-state index is 0.155. The molecule has 1 saturated heterocycles. The zero-order valence-electron chi connectivity index (χ0n) is 13.2. The van der Waals surface area contributed by atoms with E-state index in [0.717, 1.165) is 48.7 Å². The fourth-order valence-corrected chi connectivity index (χ4v) is 3.77. The Morgan fingerprint density at radius 2 is 2.17 bits per heavy atom. The van der Waals surface area contributed by atoms with Crippen molar-refractivity contribution in [3.8, 4) is 11.3 Å². The van der Waals surface area contributed by atoms with Crippen LogP contribution < -0.4 is 0 Å². The SMILES string of the molecule is Cc1cc(-c2ccsc2)nc(C2CCN(C(=O)CCCl)CC2)n1. The molecule has 1 aliphatic rings. The van der Waals surface area contributed by atoms with E-state index in [1.165, 1.54) is 0 Å². The van der Waals surface area contributed by atoms with Crippen LogP contribution in [-0.4, -0.2) is 39.7 Å². The van der Waals surface area contributed by atoms with Crippen LogP contribution in [0.1, 0.15) is 36.7 Å². The van der Waals surface area contributed by atoms with Gasteiger partial charge in [-0.05, 0) is 37.3 Å². The number of rotatable bonds is 4. The Morgan fingerprint density at radius 1 is 1.39 bits per heavy atom. The van der Waals surface area contributed by atoms with E-state index in [1.54, 1.807) is 11.3 Å². The van der Waals surface area contributed by atoms with Gasteiger partial charge >= 0.3 is 0 Å². The minimum Gasteiger partial charge on any atom is -0.343 e. The average molecular weight is 350 g/mol. The first-order valence-corrected chi connectivity index (χ1v) is 9.37. The molecule has 0 spiro atoms. The number of piperidine rings is 1. The van der Waals surface area contributed by atoms with Crippen LogP contribution in [0.5, 0.6) is 0 Å². The van der Waals surface area contributed by atoms with Crippen LogP contribution in [0.4, 0.5) is 0 Å². The second-order valence-electron chi connectivity index (χ2n) is 5.86. The van der Waals surface area contributed by atoms with Crippen LogP contribution in [0.2, 0.25) is 0 Å². The van der Waals surface area contributed by atoms with Crippen molar-refractivity contribution in [1.29, 1.82) is 0 Å². The molecule has 3 rings (SSSR count). The number of carbonyl (C=O) groups excluding carboxylic acids is 1. The van der Waals surface area contributed by atoms with Gasteiger partial charge in [-0.1, -0.05) is 0 Å². The van der Waals surface area contributed by atoms with Crippen LogP contribution in [-0.2, 0) is 4.79 Å². The summed E-state index contributed by atoms with van der Waals surface area (Å²) in [5.41, 5.74) is 3.14. The molecule has 4 nitrogen and oxygen atoms in total. The molecular weight excluding hydrogens is 330 g/mol. The highest BCUT2D eigenvalue weighted by Crippen LogP contribution is 2.28. The van der Waals surface area contributed by atoms with E-state index < -0.39 is 0 Å². The number of carbonyl (C=O) groups is 1. The Hall–Kier alpha value is -1.46. The van der Waals surface area contributed by atoms with Crippen LogP contribution in [0, 0.1) is 6.92 Å². The molecule has 3 heterocycles. The third-order valence-electron chi connectivity index (χ3n) is 4.21. The van der Waals surface area contributed by atoms with Gasteiger partial charge < -0.3 is 4.90 Å². The zero-order valence-corrected chi connectivity index (χ0v) is 14.7. The highest BCUT2D eigenvalue weighted by molar-refractivity contribution is 7.08. The molecule has 1 aliphatic heterocycles. The number of nitrogens with zero attached hydrogens (tertiary/aromatic N) is 3. The maximum atomic E-state index is 11.9. The van der Waals surface area contributed by atoms with Crippen molar-refractivity contribution in [2.45, 2.75) is 32.1 Å². The highest BCUT2D eigenvalue weighted by atomic mass is 35.5. The van der Waals surface area contributed by atoms with Crippen molar-refractivity contribution >= 4 is 28.8 Å². The Labute approximate surface area is 145 Å². The summed E-state index contributed by atoms with van der Waals surface area (Å²) in [6.45, 7) is 3.55. The fraction of sp³-hybridized carbons (Fsp3) is 0.471. The predicted octanol–water partition coefficient (Wildman–Crippen LogP) is 3.85. The third-order valence-corrected chi connectivity index (χ3v) is 5.08. The smallest absolute Gasteiger partial charge is 0.223 e. The second kappa shape index (κ2) is 7.41. The number of hydrogen-bond acceptors (Lipinski definition) is 4. The number of aromatic nitrogens is 2. The number of likely N-dealkylation sites (tertiary alicyclic amines) is 1. The summed E-state index contributed by atoms with van der Waals surface area (Å²) in [4.78, 5) is 23.2. The van der Waals surface area contributed by atoms with Crippen LogP contribution in [0.3, 0.4) is 0 Å². The first-order valence-electron chi connectivity index (χ1n) is 7.89. The molecule has 0 atom stereocenters. The maximum Gasteiger partial charge on any atom is 0.223 e. The summed E-state index contributed by atoms with van der Waals surface area (Å²) in [7, 11) is 0. The summed E-state index contributed by atoms with van der Waals surface area (Å²) in [6.07, 6.45) is 2.26. The van der Waals surface area contributed by atoms with Gasteiger partial charge in [0.15, 0.2) is 0 Å². The quantitative estimate of drug-likeness (QED) is 0.787. The standard InChI is InChI=1S/C17H20ClN3OS/c1-12-10-15(14-5-9-23-11-14)20-17(19-12)13-3-7-21(8-4-13)16(22)2-6-18/h5,9-11,13H,2-4,6-8H2,1H3. The van der Waals surface area contributed by atoms with Crippen LogP contribution in [0.25, 0.3) is 11.3 Å². The number of thiophene rings is 1. The molecule has 0 bridgehead atoms. The zero-order chi connectivity index (χ0) is 16.2. The summed E-state index contributed by atoms with van der Waals surface area (Å²) in [5, 5.41) is 4.17. The van der Waals surface area contributed by atoms with Gasteiger partial charge in [-0.25, -0.2) is 9.97 Å². The maximum absolute atomic E-state index is 11.9. The summed E-state index contributed by atoms with van der Waals surface area (Å²) >= 11 is 7.33. The molecule has 1 amide bonds. The molecule has 0 saturated carbocycles. The lowest BCUT2D eigenvalue weighted by atomic mass is 9.95. The molecule has 0 aromatic carbocycles. The lowest BCUT2D eigenvalue weighted by Gasteiger charge is -2.31. The monoisotopic (exact) mass is 349 g/mol. The molecule has 2 aromatic heterocycles. The number of aryl methyl sites for hydroxylation is 1. The Bertz CT molecular complexity index is 666. The number of halogens is 1. The first kappa shape index (κ1) is 16.4.